The summed E-state index contributed by atoms with van der Waals surface area (Å²) in [6.45, 7) is 0. The molecule has 31 heavy (non-hydrogen) atoms. The maximum absolute atomic E-state index is 13.0. The van der Waals surface area contributed by atoms with Crippen LogP contribution >= 0.6 is 0 Å². The van der Waals surface area contributed by atoms with Gasteiger partial charge in [-0.1, -0.05) is 42.5 Å². The van der Waals surface area contributed by atoms with E-state index in [0.29, 0.717) is 5.69 Å². The van der Waals surface area contributed by atoms with E-state index in [1.54, 1.807) is 42.5 Å². The van der Waals surface area contributed by atoms with E-state index in [0.717, 1.165) is 4.31 Å². The number of aliphatic hydroxyl groups excluding tert-OH is 1. The van der Waals surface area contributed by atoms with Gasteiger partial charge in [0.15, 0.2) is 5.76 Å². The van der Waals surface area contributed by atoms with Gasteiger partial charge in [0, 0.05) is 29.4 Å². The zero-order valence-electron chi connectivity index (χ0n) is 16.4. The van der Waals surface area contributed by atoms with E-state index in [-0.39, 0.29) is 27.3 Å². The van der Waals surface area contributed by atoms with Crippen LogP contribution in [0.3, 0.4) is 0 Å². The second kappa shape index (κ2) is 7.73. The number of anilines is 1. The number of fused-ring (bicyclic) bond motifs is 1. The monoisotopic (exact) mass is 434 g/mol. The predicted octanol–water partition coefficient (Wildman–Crippen LogP) is 3.68. The minimum absolute atomic E-state index is 0.0138. The van der Waals surface area contributed by atoms with E-state index in [1.807, 2.05) is 6.07 Å². The molecule has 3 aromatic carbocycles. The van der Waals surface area contributed by atoms with Gasteiger partial charge >= 0.3 is 0 Å². The maximum Gasteiger partial charge on any atom is 0.265 e. The number of nitrogens with one attached hydrogen (secondary N) is 1. The minimum atomic E-state index is -4.01. The number of sulfonamides is 1. The third-order valence-electron chi connectivity index (χ3n) is 4.95. The summed E-state index contributed by atoms with van der Waals surface area (Å²) in [5, 5.41) is 13.6. The number of nitrogens with zero attached hydrogens (tertiary/aromatic N) is 1. The van der Waals surface area contributed by atoms with E-state index in [4.69, 9.17) is 0 Å². The van der Waals surface area contributed by atoms with Crippen LogP contribution in [0, 0.1) is 0 Å². The van der Waals surface area contributed by atoms with Gasteiger partial charge in [-0.3, -0.25) is 13.9 Å². The molecule has 1 aliphatic heterocycles. The smallest absolute Gasteiger partial charge is 0.265 e. The van der Waals surface area contributed by atoms with Gasteiger partial charge in [-0.25, -0.2) is 8.42 Å². The molecule has 0 spiro atoms. The van der Waals surface area contributed by atoms with Crippen LogP contribution in [-0.4, -0.2) is 36.6 Å². The number of allylic oxidation sites excluding steroid dienone is 1. The molecule has 0 bridgehead atoms. The number of hydrogen-bond acceptors (Lipinski definition) is 5. The molecule has 1 amide bonds. The summed E-state index contributed by atoms with van der Waals surface area (Å²) in [4.78, 5) is 25.4. The molecule has 156 valence electrons. The summed E-state index contributed by atoms with van der Waals surface area (Å²) >= 11 is 0. The van der Waals surface area contributed by atoms with E-state index in [2.05, 4.69) is 5.32 Å². The lowest BCUT2D eigenvalue weighted by Gasteiger charge is -2.28. The van der Waals surface area contributed by atoms with E-state index in [1.165, 1.54) is 37.4 Å². The number of benzene rings is 3. The number of carbonyl (C=O) groups excluding carboxylic acids is 2. The highest BCUT2D eigenvalue weighted by atomic mass is 32.2. The lowest BCUT2D eigenvalue weighted by Crippen LogP contribution is -2.37. The number of carbonyl (C=O) groups is 2. The fourth-order valence-electron chi connectivity index (χ4n) is 3.34. The second-order valence-corrected chi connectivity index (χ2v) is 8.83. The number of likely N-dealkylation sites (N-methyl/N-ethyl adjacent to an activating group) is 1. The number of Topliss-reactive ketones (excluding diaryl/α,β-unsaturated/α-hetero) is 1. The predicted molar refractivity (Wildman–Crippen MR) is 116 cm³/mol. The second-order valence-electron chi connectivity index (χ2n) is 6.90. The summed E-state index contributed by atoms with van der Waals surface area (Å²) in [6.07, 6.45) is 0. The van der Waals surface area contributed by atoms with Crippen LogP contribution in [0.4, 0.5) is 5.69 Å². The van der Waals surface area contributed by atoms with Gasteiger partial charge in [0.05, 0.1) is 4.90 Å². The Kier molecular flexibility index (Phi) is 5.08. The zero-order valence-corrected chi connectivity index (χ0v) is 17.3. The summed E-state index contributed by atoms with van der Waals surface area (Å²) in [7, 11) is -2.80. The molecule has 0 saturated heterocycles. The van der Waals surface area contributed by atoms with Crippen molar-refractivity contribution in [2.75, 3.05) is 12.4 Å². The van der Waals surface area contributed by atoms with Crippen LogP contribution < -0.4 is 5.32 Å². The summed E-state index contributed by atoms with van der Waals surface area (Å²) < 4.78 is 26.4. The van der Waals surface area contributed by atoms with Crippen molar-refractivity contribution in [3.63, 3.8) is 0 Å². The van der Waals surface area contributed by atoms with Crippen LogP contribution in [0.1, 0.15) is 26.3 Å². The minimum Gasteiger partial charge on any atom is -0.505 e. The molecule has 1 aliphatic rings. The fraction of sp³-hybridized carbons (Fsp3) is 0.0435. The third kappa shape index (κ3) is 3.57. The Morgan fingerprint density at radius 3 is 2.29 bits per heavy atom. The van der Waals surface area contributed by atoms with Crippen LogP contribution in [0.25, 0.3) is 5.76 Å². The Hall–Kier alpha value is -3.91. The van der Waals surface area contributed by atoms with Gasteiger partial charge in [-0.15, -0.1) is 0 Å². The molecular formula is C23H18N2O5S. The van der Waals surface area contributed by atoms with Crippen LogP contribution in [0.5, 0.6) is 0 Å². The van der Waals surface area contributed by atoms with Gasteiger partial charge in [-0.2, -0.15) is 0 Å². The number of rotatable bonds is 3. The van der Waals surface area contributed by atoms with Gasteiger partial charge < -0.3 is 10.4 Å². The molecule has 0 unspecified atom stereocenters. The van der Waals surface area contributed by atoms with Gasteiger partial charge in [0.2, 0.25) is 5.78 Å². The molecule has 8 heteroatoms. The summed E-state index contributed by atoms with van der Waals surface area (Å²) in [5.41, 5.74) is 0.595. The van der Waals surface area contributed by atoms with Crippen LogP contribution in [0.2, 0.25) is 0 Å². The molecule has 1 heterocycles. The standard InChI is InChI=1S/C23H18N2O5S/c1-25-20(22(27)18-12-5-6-13-19(18)31(25,29)30)21(26)15-8-7-9-16(14-15)23(28)24-17-10-3-2-4-11-17/h2-14,26H,1H3,(H,24,28). The molecule has 0 saturated carbocycles. The van der Waals surface area contributed by atoms with Gasteiger partial charge in [0.1, 0.15) is 5.70 Å². The zero-order chi connectivity index (χ0) is 22.2. The number of aliphatic hydroxyl groups is 1. The lowest BCUT2D eigenvalue weighted by atomic mass is 10.0. The summed E-state index contributed by atoms with van der Waals surface area (Å²) in [6, 6.07) is 20.7. The van der Waals surface area contributed by atoms with E-state index in [9.17, 15) is 23.1 Å². The Morgan fingerprint density at radius 2 is 1.55 bits per heavy atom. The molecule has 3 aromatic rings. The molecule has 0 radical (unpaired) electrons. The first-order chi connectivity index (χ1) is 14.8. The third-order valence-corrected chi connectivity index (χ3v) is 6.77. The number of ketones is 1. The van der Waals surface area contributed by atoms with Crippen molar-refractivity contribution in [3.05, 3.63) is 101 Å². The Morgan fingerprint density at radius 1 is 0.903 bits per heavy atom. The Balaban J connectivity index is 1.76. The van der Waals surface area contributed by atoms with Crippen molar-refractivity contribution in [1.82, 2.24) is 4.31 Å². The number of amides is 1. The highest BCUT2D eigenvalue weighted by Gasteiger charge is 2.39. The Bertz CT molecular complexity index is 1330. The first-order valence-electron chi connectivity index (χ1n) is 9.33. The van der Waals surface area contributed by atoms with Crippen molar-refractivity contribution < 1.29 is 23.1 Å². The maximum atomic E-state index is 13.0. The summed E-state index contributed by atoms with van der Waals surface area (Å²) in [5.74, 6) is -1.56. The van der Waals surface area contributed by atoms with Gasteiger partial charge in [0.25, 0.3) is 15.9 Å². The Labute approximate surface area is 179 Å². The average Bonchev–Trinajstić information content (AvgIpc) is 2.79. The first kappa shape index (κ1) is 20.4. The topological polar surface area (TPSA) is 104 Å². The SMILES string of the molecule is CN1C(=C(O)c2cccc(C(=O)Nc3ccccc3)c2)C(=O)c2ccccc2S1(=O)=O. The molecule has 0 aliphatic carbocycles. The van der Waals surface area contributed by atoms with Gasteiger partial charge in [-0.05, 0) is 36.4 Å². The van der Waals surface area contributed by atoms with E-state index < -0.39 is 27.5 Å². The number of para-hydroxylation sites is 1. The lowest BCUT2D eigenvalue weighted by molar-refractivity contribution is 0.100. The molecule has 2 N–H and O–H groups in total. The highest BCUT2D eigenvalue weighted by Crippen LogP contribution is 2.34. The normalized spacial score (nSPS) is 16.4. The molecule has 0 atom stereocenters. The largest absolute Gasteiger partial charge is 0.505 e. The quantitative estimate of drug-likeness (QED) is 0.483. The highest BCUT2D eigenvalue weighted by molar-refractivity contribution is 7.89. The fourth-order valence-corrected chi connectivity index (χ4v) is 4.74. The molecule has 4 rings (SSSR count). The van der Waals surface area contributed by atoms with Crippen molar-refractivity contribution >= 4 is 33.2 Å². The van der Waals surface area contributed by atoms with Crippen LogP contribution in [-0.2, 0) is 10.0 Å². The van der Waals surface area contributed by atoms with Crippen molar-refractivity contribution in [3.8, 4) is 0 Å². The van der Waals surface area contributed by atoms with Crippen molar-refractivity contribution in [2.24, 2.45) is 0 Å². The molecule has 0 aromatic heterocycles. The van der Waals surface area contributed by atoms with Crippen LogP contribution in [0.15, 0.2) is 89.5 Å². The molecule has 7 nitrogen and oxygen atoms in total. The molecule has 0 fully saturated rings. The van der Waals surface area contributed by atoms with Crippen molar-refractivity contribution in [1.29, 1.82) is 0 Å². The molecular weight excluding hydrogens is 416 g/mol. The number of hydrogen-bond donors (Lipinski definition) is 2. The average molecular weight is 434 g/mol. The van der Waals surface area contributed by atoms with E-state index >= 15 is 0 Å². The first-order valence-corrected chi connectivity index (χ1v) is 10.8. The van der Waals surface area contributed by atoms with Crippen molar-refractivity contribution in [2.45, 2.75) is 4.90 Å².